The van der Waals surface area contributed by atoms with E-state index in [4.69, 9.17) is 21.2 Å². The van der Waals surface area contributed by atoms with Gasteiger partial charge in [-0.05, 0) is 62.3 Å². The van der Waals surface area contributed by atoms with E-state index < -0.39 is 5.97 Å². The molecule has 1 aliphatic heterocycles. The number of allylic oxidation sites excluding steroid dienone is 2. The second-order valence-electron chi connectivity index (χ2n) is 7.72. The largest absolute Gasteiger partial charge is 0.462 e. The number of esters is 1. The van der Waals surface area contributed by atoms with Crippen LogP contribution in [0.15, 0.2) is 42.1 Å². The number of likely N-dealkylation sites (tertiary alicyclic amines) is 1. The Hall–Kier alpha value is -2.60. The lowest BCUT2D eigenvalue weighted by molar-refractivity contribution is -0.137. The topological polar surface area (TPSA) is 68.2 Å². The van der Waals surface area contributed by atoms with Gasteiger partial charge in [0.1, 0.15) is 0 Å². The van der Waals surface area contributed by atoms with E-state index in [1.54, 1.807) is 18.2 Å². The van der Waals surface area contributed by atoms with Crippen molar-refractivity contribution in [3.63, 3.8) is 0 Å². The number of aryl methyl sites for hydroxylation is 1. The van der Waals surface area contributed by atoms with Crippen LogP contribution in [0, 0.1) is 6.92 Å². The molecule has 1 heterocycles. The number of carbonyl (C=O) groups is 2. The molecule has 1 aliphatic rings. The third-order valence-electron chi connectivity index (χ3n) is 5.19. The van der Waals surface area contributed by atoms with Gasteiger partial charge in [-0.1, -0.05) is 41.9 Å². The van der Waals surface area contributed by atoms with Crippen molar-refractivity contribution in [2.45, 2.75) is 52.4 Å². The van der Waals surface area contributed by atoms with E-state index in [2.05, 4.69) is 11.7 Å². The van der Waals surface area contributed by atoms with Gasteiger partial charge in [0.25, 0.3) is 5.91 Å². The summed E-state index contributed by atoms with van der Waals surface area (Å²) in [5.74, 6) is -0.504. The predicted molar refractivity (Wildman–Crippen MR) is 128 cm³/mol. The maximum absolute atomic E-state index is 12.6. The molecular formula is C25H33ClN2O4. The fourth-order valence-corrected chi connectivity index (χ4v) is 3.61. The Morgan fingerprint density at radius 1 is 1.25 bits per heavy atom. The van der Waals surface area contributed by atoms with Gasteiger partial charge in [0, 0.05) is 24.5 Å². The van der Waals surface area contributed by atoms with Crippen molar-refractivity contribution in [1.29, 1.82) is 0 Å². The number of nitrogens with zero attached hydrogens (tertiary/aromatic N) is 2. The molecule has 0 unspecified atom stereocenters. The summed E-state index contributed by atoms with van der Waals surface area (Å²) in [7, 11) is 0. The fraction of sp³-hybridized carbons (Fsp3) is 0.480. The second kappa shape index (κ2) is 13.7. The Morgan fingerprint density at radius 3 is 2.69 bits per heavy atom. The highest BCUT2D eigenvalue weighted by molar-refractivity contribution is 6.33. The number of oxime groups is 1. The molecule has 0 saturated carbocycles. The maximum Gasteiger partial charge on any atom is 0.338 e. The summed E-state index contributed by atoms with van der Waals surface area (Å²) < 4.78 is 5.34. The molecule has 0 radical (unpaired) electrons. The molecular weight excluding hydrogens is 428 g/mol. The van der Waals surface area contributed by atoms with Crippen LogP contribution in [-0.2, 0) is 20.8 Å². The molecule has 7 heteroatoms. The molecule has 1 aromatic carbocycles. The lowest BCUT2D eigenvalue weighted by Gasteiger charge is -2.26. The van der Waals surface area contributed by atoms with E-state index in [1.165, 1.54) is 0 Å². The molecule has 2 rings (SSSR count). The number of carbonyl (C=O) groups excluding carboxylic acids is 2. The molecule has 6 nitrogen and oxygen atoms in total. The minimum Gasteiger partial charge on any atom is -0.462 e. The molecule has 0 spiro atoms. The molecule has 1 saturated heterocycles. The molecule has 1 fully saturated rings. The summed E-state index contributed by atoms with van der Waals surface area (Å²) >= 11 is 6.56. The van der Waals surface area contributed by atoms with E-state index in [1.807, 2.05) is 30.9 Å². The maximum atomic E-state index is 12.6. The molecule has 0 N–H and O–H groups in total. The highest BCUT2D eigenvalue weighted by atomic mass is 35.5. The van der Waals surface area contributed by atoms with Gasteiger partial charge in [0.05, 0.1) is 17.9 Å². The lowest BCUT2D eigenvalue weighted by Crippen LogP contribution is -2.37. The summed E-state index contributed by atoms with van der Waals surface area (Å²) in [6.45, 7) is 9.21. The summed E-state index contributed by atoms with van der Waals surface area (Å²) in [6, 6.07) is 3.51. The number of halogens is 1. The van der Waals surface area contributed by atoms with Gasteiger partial charge in [0.15, 0.2) is 6.61 Å². The molecule has 174 valence electrons. The first kappa shape index (κ1) is 25.7. The Balaban J connectivity index is 2.17. The zero-order chi connectivity index (χ0) is 23.3. The third-order valence-corrected chi connectivity index (χ3v) is 5.72. The zero-order valence-electron chi connectivity index (χ0n) is 19.1. The first-order valence-corrected chi connectivity index (χ1v) is 11.5. The molecule has 0 bridgehead atoms. The Morgan fingerprint density at radius 2 is 2.00 bits per heavy atom. The van der Waals surface area contributed by atoms with Crippen molar-refractivity contribution in [3.05, 3.63) is 58.7 Å². The van der Waals surface area contributed by atoms with Crippen LogP contribution in [0.1, 0.15) is 60.5 Å². The first-order valence-electron chi connectivity index (χ1n) is 11.2. The number of amides is 1. The molecule has 0 aliphatic carbocycles. The van der Waals surface area contributed by atoms with Crippen LogP contribution in [0.3, 0.4) is 0 Å². The number of rotatable bonds is 11. The monoisotopic (exact) mass is 460 g/mol. The van der Waals surface area contributed by atoms with Gasteiger partial charge in [-0.15, -0.1) is 6.58 Å². The number of hydrogen-bond donors (Lipinski definition) is 0. The summed E-state index contributed by atoms with van der Waals surface area (Å²) in [4.78, 5) is 32.2. The van der Waals surface area contributed by atoms with Crippen molar-refractivity contribution in [2.75, 3.05) is 26.3 Å². The fourth-order valence-electron chi connectivity index (χ4n) is 3.38. The quantitative estimate of drug-likeness (QED) is 0.148. The highest BCUT2D eigenvalue weighted by Crippen LogP contribution is 2.26. The van der Waals surface area contributed by atoms with Crippen molar-refractivity contribution >= 4 is 29.2 Å². The van der Waals surface area contributed by atoms with Gasteiger partial charge in [-0.3, -0.25) is 4.79 Å². The van der Waals surface area contributed by atoms with E-state index in [0.29, 0.717) is 28.3 Å². The normalized spacial score (nSPS) is 14.5. The minimum atomic E-state index is -0.441. The van der Waals surface area contributed by atoms with Gasteiger partial charge in [-0.25, -0.2) is 4.79 Å². The summed E-state index contributed by atoms with van der Waals surface area (Å²) in [6.07, 6.45) is 10.3. The molecule has 0 atom stereocenters. The average Bonchev–Trinajstić information content (AvgIpc) is 2.80. The molecule has 1 aromatic rings. The highest BCUT2D eigenvalue weighted by Gasteiger charge is 2.19. The van der Waals surface area contributed by atoms with Crippen LogP contribution in [0.5, 0.6) is 0 Å². The molecule has 32 heavy (non-hydrogen) atoms. The van der Waals surface area contributed by atoms with Gasteiger partial charge in [0.2, 0.25) is 0 Å². The predicted octanol–water partition coefficient (Wildman–Crippen LogP) is 5.28. The molecule has 0 aromatic heterocycles. The summed E-state index contributed by atoms with van der Waals surface area (Å²) in [5, 5.41) is 4.69. The van der Waals surface area contributed by atoms with E-state index >= 15 is 0 Å². The van der Waals surface area contributed by atoms with Crippen LogP contribution >= 0.6 is 11.6 Å². The van der Waals surface area contributed by atoms with Gasteiger partial charge >= 0.3 is 5.97 Å². The van der Waals surface area contributed by atoms with E-state index in [9.17, 15) is 9.59 Å². The SMILES string of the molecule is C=CCCOC(=O)c1ccc(C)c(Cl)c1CC(/C=C/CC)=N/OCC(=O)N1CCCCC1. The number of hydrogen-bond acceptors (Lipinski definition) is 5. The number of ether oxygens (including phenoxy) is 1. The van der Waals surface area contributed by atoms with Crippen LogP contribution in [-0.4, -0.2) is 48.8 Å². The van der Waals surface area contributed by atoms with Gasteiger partial charge < -0.3 is 14.5 Å². The Labute approximate surface area is 195 Å². The lowest BCUT2D eigenvalue weighted by atomic mass is 9.99. The van der Waals surface area contributed by atoms with Crippen molar-refractivity contribution < 1.29 is 19.2 Å². The number of benzene rings is 1. The van der Waals surface area contributed by atoms with E-state index in [-0.39, 0.29) is 25.5 Å². The van der Waals surface area contributed by atoms with Gasteiger partial charge in [-0.2, -0.15) is 0 Å². The van der Waals surface area contributed by atoms with E-state index in [0.717, 1.165) is 44.3 Å². The van der Waals surface area contributed by atoms with Crippen molar-refractivity contribution in [1.82, 2.24) is 4.90 Å². The average molecular weight is 461 g/mol. The van der Waals surface area contributed by atoms with Crippen molar-refractivity contribution in [2.24, 2.45) is 5.16 Å². The first-order chi connectivity index (χ1) is 15.5. The summed E-state index contributed by atoms with van der Waals surface area (Å²) in [5.41, 5.74) is 2.45. The van der Waals surface area contributed by atoms with Crippen molar-refractivity contribution in [3.8, 4) is 0 Å². The van der Waals surface area contributed by atoms with Crippen LogP contribution in [0.4, 0.5) is 0 Å². The standard InChI is InChI=1S/C25H33ClN2O4/c1-4-6-11-20(27-32-18-23(29)28-14-9-8-10-15-28)17-22-21(13-12-19(3)24(22)26)25(30)31-16-7-5-2/h5-6,11-13H,2,4,7-10,14-18H2,1,3H3/b11-6+,27-20+. The van der Waals surface area contributed by atoms with Crippen LogP contribution in [0.2, 0.25) is 5.02 Å². The van der Waals surface area contributed by atoms with Crippen LogP contribution < -0.4 is 0 Å². The Bertz CT molecular complexity index is 858. The third kappa shape index (κ3) is 7.83. The Kier molecular flexibility index (Phi) is 11.0. The second-order valence-corrected chi connectivity index (χ2v) is 8.10. The zero-order valence-corrected chi connectivity index (χ0v) is 19.8. The number of piperidine rings is 1. The smallest absolute Gasteiger partial charge is 0.338 e. The molecule has 1 amide bonds. The minimum absolute atomic E-state index is 0.0626. The van der Waals surface area contributed by atoms with Crippen LogP contribution in [0.25, 0.3) is 0 Å².